The van der Waals surface area contributed by atoms with E-state index in [-0.39, 0.29) is 7.92 Å². The van der Waals surface area contributed by atoms with Crippen LogP contribution < -0.4 is 0 Å². The van der Waals surface area contributed by atoms with Gasteiger partial charge in [0.25, 0.3) is 5.97 Å². The molecule has 2 saturated carbocycles. The van der Waals surface area contributed by atoms with E-state index in [1.807, 2.05) is 20.8 Å². The minimum Gasteiger partial charge on any atom is -0.328 e. The molecule has 3 nitrogen and oxygen atoms in total. The molecule has 0 heterocycles. The second kappa shape index (κ2) is 11.9. The smallest absolute Gasteiger partial charge is 0.283 e. The molecule has 0 aromatic rings. The third-order valence-electron chi connectivity index (χ3n) is 5.86. The van der Waals surface area contributed by atoms with Crippen LogP contribution >= 0.6 is 7.92 Å². The summed E-state index contributed by atoms with van der Waals surface area (Å²) in [6.07, 6.45) is 16.7. The van der Waals surface area contributed by atoms with Crippen LogP contribution in [0, 0.1) is 0 Å². The normalized spacial score (nSPS) is 21.1. The fourth-order valence-electron chi connectivity index (χ4n) is 4.76. The van der Waals surface area contributed by atoms with Crippen LogP contribution in [0.25, 0.3) is 0 Å². The van der Waals surface area contributed by atoms with Crippen LogP contribution in [0.15, 0.2) is 0 Å². The van der Waals surface area contributed by atoms with Crippen molar-refractivity contribution in [3.8, 4) is 0 Å². The van der Waals surface area contributed by atoms with Gasteiger partial charge in [-0.15, -0.1) is 7.92 Å². The standard InChI is InChI=1S/C21H41O3P/c1-4-22-21(23-5-2,24-6-3)17-18-25(19-13-9-7-10-14-19)20-15-11-8-12-16-20/h19-20H,4-18H2,1-3H3. The molecule has 2 rings (SSSR count). The summed E-state index contributed by atoms with van der Waals surface area (Å²) in [4.78, 5) is 0. The maximum absolute atomic E-state index is 6.00. The molecule has 0 bridgehead atoms. The molecule has 0 amide bonds. The minimum absolute atomic E-state index is 0.0665. The molecule has 0 atom stereocenters. The summed E-state index contributed by atoms with van der Waals surface area (Å²) in [6, 6.07) is 0. The Morgan fingerprint density at radius 1 is 0.680 bits per heavy atom. The highest BCUT2D eigenvalue weighted by atomic mass is 31.1. The molecule has 0 radical (unpaired) electrons. The molecule has 0 spiro atoms. The Morgan fingerprint density at radius 3 is 1.44 bits per heavy atom. The van der Waals surface area contributed by atoms with Crippen molar-refractivity contribution >= 4 is 7.92 Å². The Balaban J connectivity index is 2.04. The van der Waals surface area contributed by atoms with Crippen LogP contribution in [0.5, 0.6) is 0 Å². The average Bonchev–Trinajstić information content (AvgIpc) is 2.64. The van der Waals surface area contributed by atoms with Gasteiger partial charge in [0, 0.05) is 26.2 Å². The van der Waals surface area contributed by atoms with Gasteiger partial charge in [0.05, 0.1) is 0 Å². The molecule has 0 unspecified atom stereocenters. The Hall–Kier alpha value is 0.310. The zero-order valence-electron chi connectivity index (χ0n) is 16.9. The first-order chi connectivity index (χ1) is 12.2. The average molecular weight is 373 g/mol. The zero-order chi connectivity index (χ0) is 18.0. The van der Waals surface area contributed by atoms with Gasteiger partial charge in [-0.05, 0) is 63.9 Å². The van der Waals surface area contributed by atoms with Gasteiger partial charge in [-0.1, -0.05) is 38.5 Å². The first kappa shape index (κ1) is 21.6. The van der Waals surface area contributed by atoms with Crippen LogP contribution in [0.4, 0.5) is 0 Å². The van der Waals surface area contributed by atoms with E-state index in [1.165, 1.54) is 70.4 Å². The van der Waals surface area contributed by atoms with Crippen LogP contribution in [0.1, 0.15) is 91.4 Å². The summed E-state index contributed by atoms with van der Waals surface area (Å²) in [6.45, 7) is 8.05. The third kappa shape index (κ3) is 6.76. The molecule has 2 fully saturated rings. The molecule has 4 heteroatoms. The zero-order valence-corrected chi connectivity index (χ0v) is 17.8. The van der Waals surface area contributed by atoms with Crippen molar-refractivity contribution < 1.29 is 14.2 Å². The Labute approximate surface area is 157 Å². The van der Waals surface area contributed by atoms with E-state index in [0.29, 0.717) is 19.8 Å². The van der Waals surface area contributed by atoms with Crippen molar-refractivity contribution in [1.29, 1.82) is 0 Å². The number of hydrogen-bond donors (Lipinski definition) is 0. The van der Waals surface area contributed by atoms with Crippen LogP contribution in [0.2, 0.25) is 0 Å². The second-order valence-electron chi connectivity index (χ2n) is 7.55. The Kier molecular flexibility index (Phi) is 10.3. The van der Waals surface area contributed by atoms with E-state index in [9.17, 15) is 0 Å². The van der Waals surface area contributed by atoms with Gasteiger partial charge in [-0.2, -0.15) is 0 Å². The van der Waals surface area contributed by atoms with Crippen molar-refractivity contribution in [2.45, 2.75) is 109 Å². The summed E-state index contributed by atoms with van der Waals surface area (Å²) >= 11 is 0. The summed E-state index contributed by atoms with van der Waals surface area (Å²) < 4.78 is 18.0. The summed E-state index contributed by atoms with van der Waals surface area (Å²) in [5.41, 5.74) is 1.96. The molecule has 0 N–H and O–H groups in total. The molecular formula is C21H41O3P. The quantitative estimate of drug-likeness (QED) is 0.315. The molecule has 0 aliphatic heterocycles. The Bertz CT molecular complexity index is 303. The van der Waals surface area contributed by atoms with Crippen molar-refractivity contribution in [1.82, 2.24) is 0 Å². The van der Waals surface area contributed by atoms with Gasteiger partial charge >= 0.3 is 0 Å². The highest BCUT2D eigenvalue weighted by Crippen LogP contribution is 2.56. The molecule has 148 valence electrons. The molecular weight excluding hydrogens is 331 g/mol. The van der Waals surface area contributed by atoms with Gasteiger partial charge in [0.1, 0.15) is 0 Å². The topological polar surface area (TPSA) is 27.7 Å². The highest BCUT2D eigenvalue weighted by molar-refractivity contribution is 7.59. The lowest BCUT2D eigenvalue weighted by atomic mass is 9.99. The van der Waals surface area contributed by atoms with E-state index in [0.717, 1.165) is 17.7 Å². The minimum atomic E-state index is -0.803. The van der Waals surface area contributed by atoms with Crippen molar-refractivity contribution in [2.24, 2.45) is 0 Å². The predicted octanol–water partition coefficient (Wildman–Crippen LogP) is 6.29. The fraction of sp³-hybridized carbons (Fsp3) is 1.00. The molecule has 0 saturated heterocycles. The number of ether oxygens (including phenoxy) is 3. The largest absolute Gasteiger partial charge is 0.328 e. The van der Waals surface area contributed by atoms with Gasteiger partial charge in [-0.25, -0.2) is 0 Å². The van der Waals surface area contributed by atoms with Crippen molar-refractivity contribution in [3.63, 3.8) is 0 Å². The van der Waals surface area contributed by atoms with Gasteiger partial charge in [0.2, 0.25) is 0 Å². The number of rotatable bonds is 11. The highest BCUT2D eigenvalue weighted by Gasteiger charge is 2.37. The molecule has 25 heavy (non-hydrogen) atoms. The first-order valence-electron chi connectivity index (χ1n) is 10.9. The maximum atomic E-state index is 6.00. The lowest BCUT2D eigenvalue weighted by molar-refractivity contribution is -0.377. The van der Waals surface area contributed by atoms with Gasteiger partial charge < -0.3 is 14.2 Å². The third-order valence-corrected chi connectivity index (χ3v) is 9.51. The summed E-state index contributed by atoms with van der Waals surface area (Å²) in [5, 5.41) is 0. The van der Waals surface area contributed by atoms with Crippen LogP contribution in [0.3, 0.4) is 0 Å². The van der Waals surface area contributed by atoms with Gasteiger partial charge in [0.15, 0.2) is 0 Å². The first-order valence-corrected chi connectivity index (χ1v) is 12.6. The van der Waals surface area contributed by atoms with E-state index >= 15 is 0 Å². The van der Waals surface area contributed by atoms with Crippen molar-refractivity contribution in [3.05, 3.63) is 0 Å². The van der Waals surface area contributed by atoms with E-state index in [4.69, 9.17) is 14.2 Å². The SMILES string of the molecule is CCOC(CCP(C1CCCCC1)C1CCCCC1)(OCC)OCC. The van der Waals surface area contributed by atoms with E-state index < -0.39 is 5.97 Å². The van der Waals surface area contributed by atoms with Crippen molar-refractivity contribution in [2.75, 3.05) is 26.0 Å². The molecule has 2 aliphatic rings. The predicted molar refractivity (Wildman–Crippen MR) is 108 cm³/mol. The second-order valence-corrected chi connectivity index (χ2v) is 10.5. The van der Waals surface area contributed by atoms with E-state index in [2.05, 4.69) is 0 Å². The summed E-state index contributed by atoms with van der Waals surface area (Å²) in [7, 11) is 0.0665. The van der Waals surface area contributed by atoms with Gasteiger partial charge in [-0.3, -0.25) is 0 Å². The fourth-order valence-corrected chi connectivity index (χ4v) is 8.67. The molecule has 0 aromatic carbocycles. The number of hydrogen-bond acceptors (Lipinski definition) is 3. The van der Waals surface area contributed by atoms with Crippen LogP contribution in [-0.2, 0) is 14.2 Å². The van der Waals surface area contributed by atoms with E-state index in [1.54, 1.807) is 0 Å². The maximum Gasteiger partial charge on any atom is 0.283 e. The summed E-state index contributed by atoms with van der Waals surface area (Å²) in [5.74, 6) is -0.803. The lowest BCUT2D eigenvalue weighted by Gasteiger charge is -2.41. The monoisotopic (exact) mass is 372 g/mol. The molecule has 0 aromatic heterocycles. The molecule has 2 aliphatic carbocycles. The Morgan fingerprint density at radius 2 is 1.08 bits per heavy atom. The lowest BCUT2D eigenvalue weighted by Crippen LogP contribution is -2.41. The van der Waals surface area contributed by atoms with Crippen LogP contribution in [-0.4, -0.2) is 43.3 Å².